The third kappa shape index (κ3) is 4.40. The van der Waals surface area contributed by atoms with Crippen LogP contribution >= 0.6 is 11.6 Å². The summed E-state index contributed by atoms with van der Waals surface area (Å²) in [5.74, 6) is 0.537. The first kappa shape index (κ1) is 20.0. The minimum atomic E-state index is -0.149. The van der Waals surface area contributed by atoms with E-state index in [-0.39, 0.29) is 5.91 Å². The molecule has 1 aliphatic rings. The molecule has 0 bridgehead atoms. The van der Waals surface area contributed by atoms with Gasteiger partial charge in [-0.3, -0.25) is 4.79 Å². The molecule has 0 aliphatic carbocycles. The molecular weight excluding hydrogens is 424 g/mol. The van der Waals surface area contributed by atoms with Crippen LogP contribution in [0.25, 0.3) is 11.6 Å². The van der Waals surface area contributed by atoms with Crippen LogP contribution in [0.1, 0.15) is 22.4 Å². The molecule has 0 atom stereocenters. The standard InChI is InChI=1S/C25H19ClN4O2/c26-19-9-10-22-23(25(31)27-24(22)13-19)12-18-7-4-8-21(11-18)32-16-20-15-30(29-28-20)14-17-5-2-1-3-6-17/h1-13,15H,14,16H2,(H,27,31)/b23-12+. The van der Waals surface area contributed by atoms with Gasteiger partial charge in [-0.1, -0.05) is 65.3 Å². The molecule has 3 aromatic carbocycles. The Morgan fingerprint density at radius 2 is 1.91 bits per heavy atom. The summed E-state index contributed by atoms with van der Waals surface area (Å²) in [6.07, 6.45) is 3.72. The average molecular weight is 443 g/mol. The van der Waals surface area contributed by atoms with Crippen molar-refractivity contribution >= 4 is 34.8 Å². The van der Waals surface area contributed by atoms with Crippen molar-refractivity contribution in [1.29, 1.82) is 0 Å². The van der Waals surface area contributed by atoms with E-state index in [1.54, 1.807) is 16.8 Å². The van der Waals surface area contributed by atoms with Crippen LogP contribution < -0.4 is 10.1 Å². The maximum atomic E-state index is 12.4. The minimum Gasteiger partial charge on any atom is -0.487 e. The third-order valence-electron chi connectivity index (χ3n) is 5.09. The Kier molecular flexibility index (Phi) is 5.44. The summed E-state index contributed by atoms with van der Waals surface area (Å²) in [5, 5.41) is 11.8. The van der Waals surface area contributed by atoms with Crippen LogP contribution in [-0.4, -0.2) is 20.9 Å². The molecule has 6 nitrogen and oxygen atoms in total. The molecule has 0 unspecified atom stereocenters. The van der Waals surface area contributed by atoms with Crippen molar-refractivity contribution in [2.45, 2.75) is 13.2 Å². The van der Waals surface area contributed by atoms with Crippen LogP contribution in [0, 0.1) is 0 Å². The SMILES string of the molecule is O=C1Nc2cc(Cl)ccc2/C1=C\c1cccc(OCc2cn(Cc3ccccc3)nn2)c1. The van der Waals surface area contributed by atoms with Crippen molar-refractivity contribution in [3.8, 4) is 5.75 Å². The van der Waals surface area contributed by atoms with Crippen LogP contribution in [-0.2, 0) is 17.9 Å². The lowest BCUT2D eigenvalue weighted by Gasteiger charge is -2.05. The largest absolute Gasteiger partial charge is 0.487 e. The number of fused-ring (bicyclic) bond motifs is 1. The molecule has 0 radical (unpaired) electrons. The Morgan fingerprint density at radius 3 is 2.78 bits per heavy atom. The van der Waals surface area contributed by atoms with Gasteiger partial charge in [-0.2, -0.15) is 0 Å². The van der Waals surface area contributed by atoms with Gasteiger partial charge in [0.1, 0.15) is 18.1 Å². The number of nitrogens with zero attached hydrogens (tertiary/aromatic N) is 3. The molecule has 2 heterocycles. The summed E-state index contributed by atoms with van der Waals surface area (Å²) in [4.78, 5) is 12.4. The topological polar surface area (TPSA) is 69.0 Å². The number of hydrogen-bond acceptors (Lipinski definition) is 4. The Morgan fingerprint density at radius 1 is 1.03 bits per heavy atom. The highest BCUT2D eigenvalue weighted by Crippen LogP contribution is 2.35. The lowest BCUT2D eigenvalue weighted by Crippen LogP contribution is -2.03. The zero-order chi connectivity index (χ0) is 21.9. The molecule has 158 valence electrons. The van der Waals surface area contributed by atoms with E-state index >= 15 is 0 Å². The second-order valence-corrected chi connectivity index (χ2v) is 7.89. The van der Waals surface area contributed by atoms with Gasteiger partial charge >= 0.3 is 0 Å². The molecule has 7 heteroatoms. The summed E-state index contributed by atoms with van der Waals surface area (Å²) >= 11 is 6.03. The van der Waals surface area contributed by atoms with Crippen LogP contribution in [0.3, 0.4) is 0 Å². The van der Waals surface area contributed by atoms with E-state index in [1.807, 2.05) is 60.8 Å². The van der Waals surface area contributed by atoms with E-state index in [2.05, 4.69) is 27.8 Å². The lowest BCUT2D eigenvalue weighted by atomic mass is 10.0. The molecule has 4 aromatic rings. The number of rotatable bonds is 6. The number of anilines is 1. The highest BCUT2D eigenvalue weighted by atomic mass is 35.5. The second kappa shape index (κ2) is 8.69. The van der Waals surface area contributed by atoms with E-state index < -0.39 is 0 Å². The second-order valence-electron chi connectivity index (χ2n) is 7.46. The van der Waals surface area contributed by atoms with Crippen molar-refractivity contribution in [2.24, 2.45) is 0 Å². The number of benzene rings is 3. The van der Waals surface area contributed by atoms with Gasteiger partial charge in [0.15, 0.2) is 0 Å². The summed E-state index contributed by atoms with van der Waals surface area (Å²) in [6, 6.07) is 23.1. The molecule has 0 fully saturated rings. The van der Waals surface area contributed by atoms with Crippen LogP contribution in [0.15, 0.2) is 79.0 Å². The van der Waals surface area contributed by atoms with Crippen molar-refractivity contribution in [1.82, 2.24) is 15.0 Å². The molecule has 0 saturated carbocycles. The van der Waals surface area contributed by atoms with Gasteiger partial charge in [0.05, 0.1) is 18.4 Å². The van der Waals surface area contributed by atoms with E-state index in [9.17, 15) is 4.79 Å². The number of carbonyl (C=O) groups is 1. The van der Waals surface area contributed by atoms with Crippen LogP contribution in [0.4, 0.5) is 5.69 Å². The molecule has 0 saturated heterocycles. The number of hydrogen-bond donors (Lipinski definition) is 1. The first-order chi connectivity index (χ1) is 15.6. The summed E-state index contributed by atoms with van der Waals surface area (Å²) in [7, 11) is 0. The highest BCUT2D eigenvalue weighted by Gasteiger charge is 2.24. The molecule has 1 aliphatic heterocycles. The highest BCUT2D eigenvalue weighted by molar-refractivity contribution is 6.36. The summed E-state index contributed by atoms with van der Waals surface area (Å²) in [6.45, 7) is 0.961. The predicted octanol–water partition coefficient (Wildman–Crippen LogP) is 5.05. The first-order valence-electron chi connectivity index (χ1n) is 10.1. The molecular formula is C25H19ClN4O2. The first-order valence-corrected chi connectivity index (χ1v) is 10.5. The number of ether oxygens (including phenoxy) is 1. The number of carbonyl (C=O) groups excluding carboxylic acids is 1. The molecule has 1 aromatic heterocycles. The maximum absolute atomic E-state index is 12.4. The minimum absolute atomic E-state index is 0.149. The van der Waals surface area contributed by atoms with Crippen molar-refractivity contribution in [2.75, 3.05) is 5.32 Å². The number of halogens is 1. The van der Waals surface area contributed by atoms with Gasteiger partial charge in [-0.05, 0) is 41.5 Å². The Hall–Kier alpha value is -3.90. The third-order valence-corrected chi connectivity index (χ3v) is 5.33. The van der Waals surface area contributed by atoms with Crippen molar-refractivity contribution in [3.63, 3.8) is 0 Å². The summed E-state index contributed by atoms with van der Waals surface area (Å²) < 4.78 is 7.70. The lowest BCUT2D eigenvalue weighted by molar-refractivity contribution is -0.110. The summed E-state index contributed by atoms with van der Waals surface area (Å²) in [5.41, 5.74) is 4.91. The van der Waals surface area contributed by atoms with Crippen molar-refractivity contribution in [3.05, 3.63) is 106 Å². The van der Waals surface area contributed by atoms with E-state index in [0.29, 0.717) is 29.5 Å². The zero-order valence-electron chi connectivity index (χ0n) is 17.0. The Labute approximate surface area is 190 Å². The van der Waals surface area contributed by atoms with Crippen LogP contribution in [0.5, 0.6) is 5.75 Å². The zero-order valence-corrected chi connectivity index (χ0v) is 17.8. The fourth-order valence-electron chi connectivity index (χ4n) is 3.58. The smallest absolute Gasteiger partial charge is 0.256 e. The monoisotopic (exact) mass is 442 g/mol. The molecule has 32 heavy (non-hydrogen) atoms. The molecule has 5 rings (SSSR count). The van der Waals surface area contributed by atoms with Crippen LogP contribution in [0.2, 0.25) is 5.02 Å². The molecule has 0 spiro atoms. The average Bonchev–Trinajstić information content (AvgIpc) is 3.37. The van der Waals surface area contributed by atoms with Gasteiger partial charge in [-0.15, -0.1) is 5.10 Å². The molecule has 1 amide bonds. The fraction of sp³-hybridized carbons (Fsp3) is 0.0800. The maximum Gasteiger partial charge on any atom is 0.256 e. The van der Waals surface area contributed by atoms with E-state index in [1.165, 1.54) is 0 Å². The van der Waals surface area contributed by atoms with E-state index in [0.717, 1.165) is 28.1 Å². The number of nitrogens with one attached hydrogen (secondary N) is 1. The number of aromatic nitrogens is 3. The van der Waals surface area contributed by atoms with Gasteiger partial charge in [0.2, 0.25) is 0 Å². The molecule has 1 N–H and O–H groups in total. The Balaban J connectivity index is 1.28. The number of amides is 1. The Bertz CT molecular complexity index is 1310. The van der Waals surface area contributed by atoms with Crippen molar-refractivity contribution < 1.29 is 9.53 Å². The van der Waals surface area contributed by atoms with Gasteiger partial charge < -0.3 is 10.1 Å². The fourth-order valence-corrected chi connectivity index (χ4v) is 3.75. The quantitative estimate of drug-likeness (QED) is 0.424. The predicted molar refractivity (Wildman–Crippen MR) is 124 cm³/mol. The van der Waals surface area contributed by atoms with E-state index in [4.69, 9.17) is 16.3 Å². The van der Waals surface area contributed by atoms with Gasteiger partial charge in [-0.25, -0.2) is 4.68 Å². The normalized spacial score (nSPS) is 13.8. The van der Waals surface area contributed by atoms with Gasteiger partial charge in [0, 0.05) is 16.2 Å². The van der Waals surface area contributed by atoms with Gasteiger partial charge in [0.25, 0.3) is 5.91 Å².